The van der Waals surface area contributed by atoms with Crippen molar-refractivity contribution < 1.29 is 19.1 Å². The average Bonchev–Trinajstić information content (AvgIpc) is 3.03. The Bertz CT molecular complexity index is 667. The molecule has 0 N–H and O–H groups in total. The summed E-state index contributed by atoms with van der Waals surface area (Å²) in [6, 6.07) is 6.91. The Morgan fingerprint density at radius 2 is 1.88 bits per heavy atom. The zero-order valence-electron chi connectivity index (χ0n) is 14.6. The molecule has 2 aliphatic heterocycles. The molecule has 0 radical (unpaired) electrons. The molecule has 0 aliphatic carbocycles. The van der Waals surface area contributed by atoms with Crippen LogP contribution in [0.4, 0.5) is 5.69 Å². The molecule has 6 heteroatoms. The predicted molar refractivity (Wildman–Crippen MR) is 93.3 cm³/mol. The Balaban J connectivity index is 1.77. The van der Waals surface area contributed by atoms with Crippen molar-refractivity contribution in [1.29, 1.82) is 0 Å². The molecular formula is C19H24N2O4. The van der Waals surface area contributed by atoms with Gasteiger partial charge in [0, 0.05) is 26.1 Å². The number of rotatable bonds is 4. The van der Waals surface area contributed by atoms with Gasteiger partial charge in [-0.1, -0.05) is 12.1 Å². The lowest BCUT2D eigenvalue weighted by Gasteiger charge is -2.29. The highest BCUT2D eigenvalue weighted by Crippen LogP contribution is 2.30. The van der Waals surface area contributed by atoms with E-state index in [1.165, 1.54) is 0 Å². The van der Waals surface area contributed by atoms with Crippen LogP contribution in [0.15, 0.2) is 24.3 Å². The summed E-state index contributed by atoms with van der Waals surface area (Å²) in [6.07, 6.45) is 3.42. The first-order chi connectivity index (χ1) is 12.1. The lowest BCUT2D eigenvalue weighted by Crippen LogP contribution is -2.40. The van der Waals surface area contributed by atoms with E-state index in [0.29, 0.717) is 17.8 Å². The van der Waals surface area contributed by atoms with Crippen molar-refractivity contribution in [2.75, 3.05) is 31.1 Å². The van der Waals surface area contributed by atoms with E-state index in [-0.39, 0.29) is 30.8 Å². The standard InChI is InChI=1S/C19H24N2O4/c1-2-25-19(24)15-8-4-5-9-16(15)21-13-14(12-17(21)22)18(23)20-10-6-3-7-11-20/h4-5,8-9,14H,2-3,6-7,10-13H2,1H3. The topological polar surface area (TPSA) is 66.9 Å². The highest BCUT2D eigenvalue weighted by molar-refractivity contribution is 6.05. The fourth-order valence-electron chi connectivity index (χ4n) is 3.57. The van der Waals surface area contributed by atoms with Gasteiger partial charge in [0.15, 0.2) is 0 Å². The fraction of sp³-hybridized carbons (Fsp3) is 0.526. The van der Waals surface area contributed by atoms with E-state index < -0.39 is 5.97 Å². The first-order valence-electron chi connectivity index (χ1n) is 8.97. The highest BCUT2D eigenvalue weighted by atomic mass is 16.5. The number of esters is 1. The third-order valence-corrected chi connectivity index (χ3v) is 4.83. The Kier molecular flexibility index (Phi) is 5.36. The van der Waals surface area contributed by atoms with E-state index in [2.05, 4.69) is 0 Å². The van der Waals surface area contributed by atoms with Crippen LogP contribution in [0.25, 0.3) is 0 Å². The van der Waals surface area contributed by atoms with Crippen molar-refractivity contribution in [2.24, 2.45) is 5.92 Å². The van der Waals surface area contributed by atoms with Crippen molar-refractivity contribution in [1.82, 2.24) is 4.90 Å². The molecule has 1 aromatic carbocycles. The molecule has 2 saturated heterocycles. The molecule has 1 atom stereocenters. The van der Waals surface area contributed by atoms with E-state index in [9.17, 15) is 14.4 Å². The quantitative estimate of drug-likeness (QED) is 0.786. The van der Waals surface area contributed by atoms with Crippen LogP contribution in [-0.4, -0.2) is 48.9 Å². The Morgan fingerprint density at radius 3 is 2.60 bits per heavy atom. The third kappa shape index (κ3) is 3.67. The maximum absolute atomic E-state index is 12.7. The van der Waals surface area contributed by atoms with E-state index in [0.717, 1.165) is 32.4 Å². The second-order valence-electron chi connectivity index (χ2n) is 6.53. The third-order valence-electron chi connectivity index (χ3n) is 4.83. The monoisotopic (exact) mass is 344 g/mol. The molecule has 1 unspecified atom stereocenters. The van der Waals surface area contributed by atoms with Crippen LogP contribution in [0.5, 0.6) is 0 Å². The number of nitrogens with zero attached hydrogens (tertiary/aromatic N) is 2. The van der Waals surface area contributed by atoms with Gasteiger partial charge < -0.3 is 14.5 Å². The number of anilines is 1. The maximum atomic E-state index is 12.7. The first kappa shape index (κ1) is 17.5. The lowest BCUT2D eigenvalue weighted by molar-refractivity contribution is -0.136. The summed E-state index contributed by atoms with van der Waals surface area (Å²) in [5, 5.41) is 0. The predicted octanol–water partition coefficient (Wildman–Crippen LogP) is 2.23. The van der Waals surface area contributed by atoms with E-state index in [4.69, 9.17) is 4.74 Å². The van der Waals surface area contributed by atoms with Crippen LogP contribution in [0, 0.1) is 5.92 Å². The van der Waals surface area contributed by atoms with Crippen molar-refractivity contribution in [2.45, 2.75) is 32.6 Å². The normalized spacial score (nSPS) is 20.7. The number of benzene rings is 1. The molecule has 2 fully saturated rings. The summed E-state index contributed by atoms with van der Waals surface area (Å²) in [6.45, 7) is 3.91. The Labute approximate surface area is 147 Å². The SMILES string of the molecule is CCOC(=O)c1ccccc1N1CC(C(=O)N2CCCCC2)CC1=O. The van der Waals surface area contributed by atoms with Gasteiger partial charge in [-0.05, 0) is 38.3 Å². The molecular weight excluding hydrogens is 320 g/mol. The molecule has 2 aliphatic rings. The van der Waals surface area contributed by atoms with Crippen molar-refractivity contribution >= 4 is 23.5 Å². The molecule has 25 heavy (non-hydrogen) atoms. The van der Waals surface area contributed by atoms with Crippen molar-refractivity contribution in [3.8, 4) is 0 Å². The second-order valence-corrected chi connectivity index (χ2v) is 6.53. The largest absolute Gasteiger partial charge is 0.462 e. The molecule has 1 aromatic rings. The summed E-state index contributed by atoms with van der Waals surface area (Å²) in [5.74, 6) is -0.839. The molecule has 6 nitrogen and oxygen atoms in total. The van der Waals surface area contributed by atoms with Crippen molar-refractivity contribution in [3.63, 3.8) is 0 Å². The smallest absolute Gasteiger partial charge is 0.340 e. The van der Waals surface area contributed by atoms with E-state index in [1.54, 1.807) is 36.1 Å². The number of hydrogen-bond acceptors (Lipinski definition) is 4. The number of para-hydroxylation sites is 1. The summed E-state index contributed by atoms with van der Waals surface area (Å²) in [5.41, 5.74) is 0.892. The van der Waals surface area contributed by atoms with Gasteiger partial charge in [0.25, 0.3) is 0 Å². The fourth-order valence-corrected chi connectivity index (χ4v) is 3.57. The van der Waals surface area contributed by atoms with Crippen LogP contribution in [0.1, 0.15) is 43.0 Å². The average molecular weight is 344 g/mol. The van der Waals surface area contributed by atoms with Crippen molar-refractivity contribution in [3.05, 3.63) is 29.8 Å². The summed E-state index contributed by atoms with van der Waals surface area (Å²) < 4.78 is 5.08. The number of likely N-dealkylation sites (tertiary alicyclic amines) is 1. The molecule has 0 bridgehead atoms. The molecule has 0 spiro atoms. The van der Waals surface area contributed by atoms with Crippen LogP contribution in [0.2, 0.25) is 0 Å². The molecule has 0 saturated carbocycles. The summed E-state index contributed by atoms with van der Waals surface area (Å²) in [4.78, 5) is 40.8. The number of ether oxygens (including phenoxy) is 1. The molecule has 2 amide bonds. The summed E-state index contributed by atoms with van der Waals surface area (Å²) >= 11 is 0. The number of carbonyl (C=O) groups is 3. The zero-order chi connectivity index (χ0) is 17.8. The molecule has 3 rings (SSSR count). The van der Waals surface area contributed by atoms with E-state index in [1.807, 2.05) is 4.90 Å². The highest BCUT2D eigenvalue weighted by Gasteiger charge is 2.38. The molecule has 134 valence electrons. The maximum Gasteiger partial charge on any atom is 0.340 e. The van der Waals surface area contributed by atoms with Gasteiger partial charge >= 0.3 is 5.97 Å². The van der Waals surface area contributed by atoms with Crippen LogP contribution in [-0.2, 0) is 14.3 Å². The van der Waals surface area contributed by atoms with Gasteiger partial charge in [-0.3, -0.25) is 9.59 Å². The molecule has 0 aromatic heterocycles. The minimum absolute atomic E-state index is 0.0594. The Hall–Kier alpha value is -2.37. The van der Waals surface area contributed by atoms with Crippen LogP contribution < -0.4 is 4.90 Å². The summed E-state index contributed by atoms with van der Waals surface area (Å²) in [7, 11) is 0. The number of carbonyl (C=O) groups excluding carboxylic acids is 3. The molecule has 2 heterocycles. The number of hydrogen-bond donors (Lipinski definition) is 0. The van der Waals surface area contributed by atoms with Gasteiger partial charge in [-0.2, -0.15) is 0 Å². The van der Waals surface area contributed by atoms with Gasteiger partial charge in [0.2, 0.25) is 11.8 Å². The van der Waals surface area contributed by atoms with Crippen LogP contribution >= 0.6 is 0 Å². The Morgan fingerprint density at radius 1 is 1.16 bits per heavy atom. The van der Waals surface area contributed by atoms with Crippen LogP contribution in [0.3, 0.4) is 0 Å². The lowest BCUT2D eigenvalue weighted by atomic mass is 10.0. The minimum Gasteiger partial charge on any atom is -0.462 e. The van der Waals surface area contributed by atoms with Gasteiger partial charge in [-0.25, -0.2) is 4.79 Å². The van der Waals surface area contributed by atoms with Gasteiger partial charge in [0.1, 0.15) is 0 Å². The zero-order valence-corrected chi connectivity index (χ0v) is 14.6. The van der Waals surface area contributed by atoms with Gasteiger partial charge in [-0.15, -0.1) is 0 Å². The first-order valence-corrected chi connectivity index (χ1v) is 8.97. The number of piperidine rings is 1. The number of amides is 2. The van der Waals surface area contributed by atoms with E-state index >= 15 is 0 Å². The van der Waals surface area contributed by atoms with Gasteiger partial charge in [0.05, 0.1) is 23.8 Å². The minimum atomic E-state index is -0.447. The second kappa shape index (κ2) is 7.68.